The average molecular weight is 477 g/mol. The molecule has 2 aliphatic heterocycles. The van der Waals surface area contributed by atoms with Gasteiger partial charge in [0.05, 0.1) is 35.2 Å². The fraction of sp³-hybridized carbons (Fsp3) is 0.308. The lowest BCUT2D eigenvalue weighted by atomic mass is 9.76. The summed E-state index contributed by atoms with van der Waals surface area (Å²) in [6, 6.07) is 13.2. The Kier molecular flexibility index (Phi) is 5.96. The average Bonchev–Trinajstić information content (AvgIpc) is 2.85. The number of hydrogen-bond donors (Lipinski definition) is 1. The van der Waals surface area contributed by atoms with Crippen LogP contribution in [-0.4, -0.2) is 30.3 Å². The van der Waals surface area contributed by atoms with E-state index in [2.05, 4.69) is 22.7 Å². The first-order valence-corrected chi connectivity index (χ1v) is 11.7. The molecule has 0 saturated heterocycles. The lowest BCUT2D eigenvalue weighted by Gasteiger charge is -2.37. The second kappa shape index (κ2) is 9.06. The quantitative estimate of drug-likeness (QED) is 0.657. The highest BCUT2D eigenvalue weighted by atomic mass is 35.5. The molecule has 0 aromatic heterocycles. The molecule has 1 N–H and O–H groups in total. The summed E-state index contributed by atoms with van der Waals surface area (Å²) in [6.45, 7) is 1.98. The molecule has 174 valence electrons. The summed E-state index contributed by atoms with van der Waals surface area (Å²) < 4.78 is 5.30. The first kappa shape index (κ1) is 22.3. The van der Waals surface area contributed by atoms with E-state index in [4.69, 9.17) is 21.4 Å². The van der Waals surface area contributed by atoms with Crippen LogP contribution < -0.4 is 15.2 Å². The maximum atomic E-state index is 13.4. The van der Waals surface area contributed by atoms with Gasteiger partial charge in [-0.25, -0.2) is 10.4 Å². The Balaban J connectivity index is 1.51. The van der Waals surface area contributed by atoms with Crippen LogP contribution in [0.15, 0.2) is 64.8 Å². The highest BCUT2D eigenvalue weighted by Crippen LogP contribution is 2.38. The zero-order valence-electron chi connectivity index (χ0n) is 19.0. The summed E-state index contributed by atoms with van der Waals surface area (Å²) in [6.07, 6.45) is 6.02. The van der Waals surface area contributed by atoms with Crippen molar-refractivity contribution < 1.29 is 14.3 Å². The number of carbonyl (C=O) groups excluding carboxylic acids is 2. The molecule has 3 atom stereocenters. The smallest absolute Gasteiger partial charge is 0.251 e. The zero-order valence-corrected chi connectivity index (χ0v) is 19.7. The summed E-state index contributed by atoms with van der Waals surface area (Å²) in [5.41, 5.74) is 6.69. The molecular formula is C26H25ClN4O3. The van der Waals surface area contributed by atoms with Crippen LogP contribution in [0.2, 0.25) is 5.02 Å². The van der Waals surface area contributed by atoms with Crippen molar-refractivity contribution in [1.82, 2.24) is 5.43 Å². The predicted octanol–water partition coefficient (Wildman–Crippen LogP) is 4.54. The number of hydrogen-bond acceptors (Lipinski definition) is 5. The fourth-order valence-electron chi connectivity index (χ4n) is 4.84. The predicted molar refractivity (Wildman–Crippen MR) is 132 cm³/mol. The second-order valence-electron chi connectivity index (χ2n) is 8.82. The van der Waals surface area contributed by atoms with E-state index in [1.54, 1.807) is 7.11 Å². The molecule has 2 amide bonds. The lowest BCUT2D eigenvalue weighted by molar-refractivity contribution is -0.124. The highest BCUT2D eigenvalue weighted by molar-refractivity contribution is 6.32. The molecule has 5 rings (SSSR count). The van der Waals surface area contributed by atoms with Crippen molar-refractivity contribution >= 4 is 40.5 Å². The maximum Gasteiger partial charge on any atom is 0.251 e. The summed E-state index contributed by atoms with van der Waals surface area (Å²) in [5.74, 6) is 0.343. The summed E-state index contributed by atoms with van der Waals surface area (Å²) in [7, 11) is 1.58. The SMILES string of the molecule is COc1ccc(C2=NN(c3ccc(C4=NNC(=O)CC4C)cc3)C(=O)[C@H]3CC=CC[C@@H]23)cc1Cl. The van der Waals surface area contributed by atoms with Gasteiger partial charge in [0.25, 0.3) is 5.91 Å². The van der Waals surface area contributed by atoms with Crippen molar-refractivity contribution in [3.63, 3.8) is 0 Å². The third kappa shape index (κ3) is 4.01. The summed E-state index contributed by atoms with van der Waals surface area (Å²) in [5, 5.41) is 11.1. The normalized spacial score (nSPS) is 24.2. The van der Waals surface area contributed by atoms with E-state index < -0.39 is 0 Å². The molecule has 1 unspecified atom stereocenters. The van der Waals surface area contributed by atoms with Crippen molar-refractivity contribution in [3.05, 3.63) is 70.8 Å². The second-order valence-corrected chi connectivity index (χ2v) is 9.23. The standard InChI is InChI=1S/C26H25ClN4O3/c1-15-13-23(32)28-29-24(15)16-7-10-18(11-8-16)31-26(33)20-6-4-3-5-19(20)25(30-31)17-9-12-22(34-2)21(27)14-17/h3-4,7-12,14-15,19-20H,5-6,13H2,1-2H3,(H,28,32)/t15?,19-,20+/m1/s1. The van der Waals surface area contributed by atoms with Gasteiger partial charge < -0.3 is 4.74 Å². The molecular weight excluding hydrogens is 452 g/mol. The van der Waals surface area contributed by atoms with Gasteiger partial charge in [-0.05, 0) is 54.3 Å². The Morgan fingerprint density at radius 3 is 2.38 bits per heavy atom. The number of allylic oxidation sites excluding steroid dienone is 2. The first-order valence-electron chi connectivity index (χ1n) is 11.3. The zero-order chi connectivity index (χ0) is 23.8. The van der Waals surface area contributed by atoms with Crippen LogP contribution >= 0.6 is 11.6 Å². The monoisotopic (exact) mass is 476 g/mol. The number of ether oxygens (including phenoxy) is 1. The molecule has 0 radical (unpaired) electrons. The van der Waals surface area contributed by atoms with Gasteiger partial charge in [-0.1, -0.05) is 42.8 Å². The molecule has 0 spiro atoms. The molecule has 3 aliphatic rings. The van der Waals surface area contributed by atoms with E-state index in [9.17, 15) is 9.59 Å². The van der Waals surface area contributed by atoms with E-state index in [1.807, 2.05) is 49.4 Å². The van der Waals surface area contributed by atoms with E-state index in [0.717, 1.165) is 29.0 Å². The topological polar surface area (TPSA) is 83.4 Å². The Labute approximate surface area is 203 Å². The Morgan fingerprint density at radius 2 is 1.71 bits per heavy atom. The van der Waals surface area contributed by atoms with E-state index in [-0.39, 0.29) is 29.6 Å². The first-order chi connectivity index (χ1) is 16.5. The van der Waals surface area contributed by atoms with Crippen LogP contribution in [0.4, 0.5) is 5.69 Å². The van der Waals surface area contributed by atoms with Crippen molar-refractivity contribution in [2.24, 2.45) is 28.0 Å². The van der Waals surface area contributed by atoms with Crippen LogP contribution in [0.3, 0.4) is 0 Å². The van der Waals surface area contributed by atoms with Crippen molar-refractivity contribution in [3.8, 4) is 5.75 Å². The Hall–Kier alpha value is -3.45. The molecule has 2 heterocycles. The minimum absolute atomic E-state index is 0.00135. The maximum absolute atomic E-state index is 13.4. The number of amides is 2. The van der Waals surface area contributed by atoms with Crippen molar-refractivity contribution in [1.29, 1.82) is 0 Å². The number of nitrogens with one attached hydrogen (secondary N) is 1. The fourth-order valence-corrected chi connectivity index (χ4v) is 5.09. The molecule has 0 saturated carbocycles. The molecule has 34 heavy (non-hydrogen) atoms. The number of rotatable bonds is 4. The van der Waals surface area contributed by atoms with Crippen LogP contribution in [0.5, 0.6) is 5.75 Å². The number of nitrogens with zero attached hydrogens (tertiary/aromatic N) is 3. The third-order valence-electron chi connectivity index (χ3n) is 6.63. The van der Waals surface area contributed by atoms with Crippen molar-refractivity contribution in [2.75, 3.05) is 12.1 Å². The number of methoxy groups -OCH3 is 1. The lowest BCUT2D eigenvalue weighted by Crippen LogP contribution is -2.45. The van der Waals surface area contributed by atoms with Crippen LogP contribution in [-0.2, 0) is 9.59 Å². The largest absolute Gasteiger partial charge is 0.495 e. The van der Waals surface area contributed by atoms with Gasteiger partial charge in [-0.15, -0.1) is 0 Å². The Bertz CT molecular complexity index is 1240. The third-order valence-corrected chi connectivity index (χ3v) is 6.93. The van der Waals surface area contributed by atoms with Gasteiger partial charge in [0.2, 0.25) is 5.91 Å². The summed E-state index contributed by atoms with van der Waals surface area (Å²) >= 11 is 6.41. The van der Waals surface area contributed by atoms with Gasteiger partial charge in [-0.3, -0.25) is 9.59 Å². The number of carbonyl (C=O) groups is 2. The van der Waals surface area contributed by atoms with Crippen LogP contribution in [0.1, 0.15) is 37.3 Å². The van der Waals surface area contributed by atoms with Gasteiger partial charge in [0.1, 0.15) is 5.75 Å². The van der Waals surface area contributed by atoms with Crippen LogP contribution in [0, 0.1) is 17.8 Å². The van der Waals surface area contributed by atoms with Gasteiger partial charge in [0.15, 0.2) is 0 Å². The minimum atomic E-state index is -0.184. The Morgan fingerprint density at radius 1 is 1.00 bits per heavy atom. The van der Waals surface area contributed by atoms with Crippen molar-refractivity contribution in [2.45, 2.75) is 26.2 Å². The van der Waals surface area contributed by atoms with E-state index in [0.29, 0.717) is 29.3 Å². The molecule has 0 bridgehead atoms. The number of halogens is 1. The molecule has 1 aliphatic carbocycles. The van der Waals surface area contributed by atoms with Gasteiger partial charge in [-0.2, -0.15) is 10.2 Å². The molecule has 0 fully saturated rings. The van der Waals surface area contributed by atoms with Crippen LogP contribution in [0.25, 0.3) is 0 Å². The van der Waals surface area contributed by atoms with E-state index in [1.165, 1.54) is 5.01 Å². The molecule has 7 nitrogen and oxygen atoms in total. The molecule has 2 aromatic rings. The number of benzene rings is 2. The van der Waals surface area contributed by atoms with Gasteiger partial charge in [0, 0.05) is 18.3 Å². The minimum Gasteiger partial charge on any atom is -0.495 e. The van der Waals surface area contributed by atoms with Gasteiger partial charge >= 0.3 is 0 Å². The number of hydrazone groups is 2. The number of anilines is 1. The summed E-state index contributed by atoms with van der Waals surface area (Å²) in [4.78, 5) is 25.0. The molecule has 2 aromatic carbocycles. The van der Waals surface area contributed by atoms with E-state index >= 15 is 0 Å². The molecule has 8 heteroatoms. The highest BCUT2D eigenvalue weighted by Gasteiger charge is 2.40. The number of fused-ring (bicyclic) bond motifs is 1.